The number of aliphatic carboxylic acids is 1. The second-order valence-corrected chi connectivity index (χ2v) is 6.08. The molecule has 1 rings (SSSR count). The molecule has 0 aromatic heterocycles. The minimum atomic E-state index is -3.57. The first-order valence-corrected chi connectivity index (χ1v) is 6.87. The Labute approximate surface area is 112 Å². The van der Waals surface area contributed by atoms with Crippen LogP contribution in [-0.4, -0.2) is 37.9 Å². The monoisotopic (exact) mass is 284 g/mol. The maximum Gasteiger partial charge on any atom is 0.328 e. The molecule has 7 heteroatoms. The first kappa shape index (κ1) is 15.2. The third kappa shape index (κ3) is 4.72. The van der Waals surface area contributed by atoms with Gasteiger partial charge in [-0.25, -0.2) is 4.79 Å². The summed E-state index contributed by atoms with van der Waals surface area (Å²) in [5.41, 5.74) is 1.82. The molecule has 0 spiro atoms. The summed E-state index contributed by atoms with van der Waals surface area (Å²) >= 11 is 0. The number of hydrogen-bond acceptors (Lipinski definition) is 3. The highest BCUT2D eigenvalue weighted by Gasteiger charge is 2.13. The van der Waals surface area contributed by atoms with Gasteiger partial charge in [-0.1, -0.05) is 6.07 Å². The third-order valence-electron chi connectivity index (χ3n) is 2.25. The van der Waals surface area contributed by atoms with E-state index in [0.29, 0.717) is 11.3 Å². The summed E-state index contributed by atoms with van der Waals surface area (Å²) < 4.78 is 26.8. The Morgan fingerprint density at radius 2 is 1.95 bits per heavy atom. The van der Waals surface area contributed by atoms with E-state index in [1.165, 1.54) is 20.2 Å². The number of benzene rings is 1. The zero-order valence-corrected chi connectivity index (χ0v) is 11.7. The predicted octanol–water partition coefficient (Wildman–Crippen LogP) is 1.31. The van der Waals surface area contributed by atoms with Gasteiger partial charge >= 0.3 is 16.2 Å². The van der Waals surface area contributed by atoms with E-state index in [1.807, 2.05) is 0 Å². The molecule has 104 valence electrons. The van der Waals surface area contributed by atoms with Crippen LogP contribution in [0, 0.1) is 6.92 Å². The van der Waals surface area contributed by atoms with Crippen molar-refractivity contribution < 1.29 is 18.3 Å². The number of carboxylic acids is 1. The Morgan fingerprint density at radius 3 is 2.47 bits per heavy atom. The van der Waals surface area contributed by atoms with Gasteiger partial charge in [0.25, 0.3) is 0 Å². The van der Waals surface area contributed by atoms with E-state index in [1.54, 1.807) is 25.1 Å². The highest BCUT2D eigenvalue weighted by molar-refractivity contribution is 7.90. The summed E-state index contributed by atoms with van der Waals surface area (Å²) in [6, 6.07) is 4.99. The van der Waals surface area contributed by atoms with Crippen molar-refractivity contribution in [2.45, 2.75) is 6.92 Å². The van der Waals surface area contributed by atoms with Gasteiger partial charge in [0.15, 0.2) is 0 Å². The Balaban J connectivity index is 3.07. The minimum absolute atomic E-state index is 0.388. The van der Waals surface area contributed by atoms with Gasteiger partial charge in [-0.15, -0.1) is 0 Å². The van der Waals surface area contributed by atoms with Crippen molar-refractivity contribution >= 4 is 27.9 Å². The maximum absolute atomic E-state index is 11.7. The van der Waals surface area contributed by atoms with Crippen LogP contribution in [0.2, 0.25) is 0 Å². The first-order chi connectivity index (χ1) is 8.70. The molecule has 0 atom stereocenters. The van der Waals surface area contributed by atoms with Crippen molar-refractivity contribution in [2.75, 3.05) is 18.8 Å². The molecule has 2 N–H and O–H groups in total. The SMILES string of the molecule is Cc1cc(/C=C/C(=O)O)cc(NS(=O)(=O)N(C)C)c1. The fourth-order valence-electron chi connectivity index (χ4n) is 1.38. The summed E-state index contributed by atoms with van der Waals surface area (Å²) in [6.07, 6.45) is 2.40. The van der Waals surface area contributed by atoms with Crippen LogP contribution in [0.1, 0.15) is 11.1 Å². The van der Waals surface area contributed by atoms with E-state index in [2.05, 4.69) is 4.72 Å². The molecular weight excluding hydrogens is 268 g/mol. The lowest BCUT2D eigenvalue weighted by Crippen LogP contribution is -2.28. The molecule has 0 saturated carbocycles. The molecule has 0 radical (unpaired) electrons. The summed E-state index contributed by atoms with van der Waals surface area (Å²) in [4.78, 5) is 10.5. The quantitative estimate of drug-likeness (QED) is 0.798. The molecular formula is C12H16N2O4S. The molecule has 0 bridgehead atoms. The standard InChI is InChI=1S/C12H16N2O4S/c1-9-6-10(4-5-12(15)16)8-11(7-9)13-19(17,18)14(2)3/h4-8,13H,1-3H3,(H,15,16)/b5-4+. The summed E-state index contributed by atoms with van der Waals surface area (Å²) in [5.74, 6) is -1.06. The van der Waals surface area contributed by atoms with Crippen molar-refractivity contribution in [3.05, 3.63) is 35.4 Å². The van der Waals surface area contributed by atoms with Crippen LogP contribution in [0.25, 0.3) is 6.08 Å². The van der Waals surface area contributed by atoms with E-state index in [4.69, 9.17) is 5.11 Å². The van der Waals surface area contributed by atoms with Crippen LogP contribution in [-0.2, 0) is 15.0 Å². The molecule has 1 aromatic rings. The van der Waals surface area contributed by atoms with Gasteiger partial charge in [0.05, 0.1) is 5.69 Å². The van der Waals surface area contributed by atoms with Gasteiger partial charge < -0.3 is 5.11 Å². The summed E-state index contributed by atoms with van der Waals surface area (Å²) in [6.45, 7) is 1.80. The number of carbonyl (C=O) groups is 1. The topological polar surface area (TPSA) is 86.7 Å². The van der Waals surface area contributed by atoms with Crippen molar-refractivity contribution in [1.29, 1.82) is 0 Å². The number of nitrogens with zero attached hydrogens (tertiary/aromatic N) is 1. The predicted molar refractivity (Wildman–Crippen MR) is 74.1 cm³/mol. The lowest BCUT2D eigenvalue weighted by atomic mass is 10.1. The van der Waals surface area contributed by atoms with E-state index in [0.717, 1.165) is 15.9 Å². The Bertz CT molecular complexity index is 606. The van der Waals surface area contributed by atoms with Crippen LogP contribution >= 0.6 is 0 Å². The zero-order valence-electron chi connectivity index (χ0n) is 10.9. The molecule has 0 aliphatic carbocycles. The highest BCUT2D eigenvalue weighted by Crippen LogP contribution is 2.17. The molecule has 0 amide bonds. The van der Waals surface area contributed by atoms with Crippen molar-refractivity contribution in [2.24, 2.45) is 0 Å². The van der Waals surface area contributed by atoms with Gasteiger partial charge in [0, 0.05) is 20.2 Å². The first-order valence-electron chi connectivity index (χ1n) is 5.43. The second kappa shape index (κ2) is 5.85. The number of rotatable bonds is 5. The molecule has 1 aromatic carbocycles. The number of aryl methyl sites for hydroxylation is 1. The van der Waals surface area contributed by atoms with E-state index in [9.17, 15) is 13.2 Å². The number of hydrogen-bond donors (Lipinski definition) is 2. The molecule has 0 aliphatic heterocycles. The summed E-state index contributed by atoms with van der Waals surface area (Å²) in [5, 5.41) is 8.57. The Hall–Kier alpha value is -1.86. The Morgan fingerprint density at radius 1 is 1.32 bits per heavy atom. The van der Waals surface area contributed by atoms with Crippen LogP contribution in [0.5, 0.6) is 0 Å². The zero-order chi connectivity index (χ0) is 14.6. The molecule has 0 fully saturated rings. The number of nitrogens with one attached hydrogen (secondary N) is 1. The lowest BCUT2D eigenvalue weighted by Gasteiger charge is -2.14. The van der Waals surface area contributed by atoms with Crippen molar-refractivity contribution in [3.8, 4) is 0 Å². The third-order valence-corrected chi connectivity index (χ3v) is 3.70. The normalized spacial score (nSPS) is 12.0. The van der Waals surface area contributed by atoms with Crippen molar-refractivity contribution in [1.82, 2.24) is 4.31 Å². The van der Waals surface area contributed by atoms with Gasteiger partial charge in [0.2, 0.25) is 0 Å². The molecule has 0 saturated heterocycles. The van der Waals surface area contributed by atoms with Gasteiger partial charge in [-0.2, -0.15) is 12.7 Å². The smallest absolute Gasteiger partial charge is 0.328 e. The largest absolute Gasteiger partial charge is 0.478 e. The highest BCUT2D eigenvalue weighted by atomic mass is 32.2. The van der Waals surface area contributed by atoms with Gasteiger partial charge in [-0.3, -0.25) is 4.72 Å². The average Bonchev–Trinajstić information content (AvgIpc) is 2.24. The van der Waals surface area contributed by atoms with Gasteiger partial charge in [-0.05, 0) is 36.3 Å². The van der Waals surface area contributed by atoms with Crippen LogP contribution in [0.3, 0.4) is 0 Å². The maximum atomic E-state index is 11.7. The Kier molecular flexibility index (Phi) is 4.68. The number of anilines is 1. The average molecular weight is 284 g/mol. The molecule has 19 heavy (non-hydrogen) atoms. The second-order valence-electron chi connectivity index (χ2n) is 4.19. The van der Waals surface area contributed by atoms with E-state index in [-0.39, 0.29) is 0 Å². The lowest BCUT2D eigenvalue weighted by molar-refractivity contribution is -0.131. The van der Waals surface area contributed by atoms with Gasteiger partial charge in [0.1, 0.15) is 0 Å². The van der Waals surface area contributed by atoms with E-state index >= 15 is 0 Å². The summed E-state index contributed by atoms with van der Waals surface area (Å²) in [7, 11) is -0.733. The van der Waals surface area contributed by atoms with Crippen LogP contribution in [0.4, 0.5) is 5.69 Å². The molecule has 0 unspecified atom stereocenters. The van der Waals surface area contributed by atoms with Crippen LogP contribution < -0.4 is 4.72 Å². The van der Waals surface area contributed by atoms with Crippen LogP contribution in [0.15, 0.2) is 24.3 Å². The molecule has 0 heterocycles. The number of carboxylic acid groups (broad SMARTS) is 1. The minimum Gasteiger partial charge on any atom is -0.478 e. The van der Waals surface area contributed by atoms with Crippen molar-refractivity contribution in [3.63, 3.8) is 0 Å². The molecule has 6 nitrogen and oxygen atoms in total. The fourth-order valence-corrected chi connectivity index (χ4v) is 1.97. The fraction of sp³-hybridized carbons (Fsp3) is 0.250. The molecule has 0 aliphatic rings. The van der Waals surface area contributed by atoms with E-state index < -0.39 is 16.2 Å².